The van der Waals surface area contributed by atoms with Gasteiger partial charge in [-0.2, -0.15) is 0 Å². The Morgan fingerprint density at radius 2 is 1.61 bits per heavy atom. The molecule has 0 bridgehead atoms. The Balaban J connectivity index is 2.31. The van der Waals surface area contributed by atoms with Crippen LogP contribution in [0.2, 0.25) is 0 Å². The van der Waals surface area contributed by atoms with E-state index >= 15 is 0 Å². The van der Waals surface area contributed by atoms with Crippen molar-refractivity contribution in [1.82, 2.24) is 0 Å². The van der Waals surface area contributed by atoms with Crippen molar-refractivity contribution in [3.8, 4) is 0 Å². The lowest BCUT2D eigenvalue weighted by molar-refractivity contribution is -0.877. The summed E-state index contributed by atoms with van der Waals surface area (Å²) in [6.45, 7) is 0. The third-order valence-corrected chi connectivity index (χ3v) is 3.47. The van der Waals surface area contributed by atoms with Gasteiger partial charge in [0.25, 0.3) is 0 Å². The summed E-state index contributed by atoms with van der Waals surface area (Å²) >= 11 is 0. The lowest BCUT2D eigenvalue weighted by Gasteiger charge is -2.26. The van der Waals surface area contributed by atoms with Gasteiger partial charge in [0, 0.05) is 11.5 Å². The number of quaternary nitrogens is 1. The van der Waals surface area contributed by atoms with Gasteiger partial charge in [0.1, 0.15) is 5.71 Å². The Labute approximate surface area is 111 Å². The summed E-state index contributed by atoms with van der Waals surface area (Å²) in [6.07, 6.45) is 6.70. The molecule has 0 amide bonds. The maximum absolute atomic E-state index is 4.96. The molecular formula is C16H25N2+. The van der Waals surface area contributed by atoms with Gasteiger partial charge in [-0.1, -0.05) is 54.7 Å². The van der Waals surface area contributed by atoms with Crippen molar-refractivity contribution < 1.29 is 4.59 Å². The Hall–Kier alpha value is -1.15. The number of rotatable bonds is 3. The highest BCUT2D eigenvalue weighted by atomic mass is 15.6. The molecule has 1 saturated carbocycles. The third-order valence-electron chi connectivity index (χ3n) is 3.47. The van der Waals surface area contributed by atoms with Crippen molar-refractivity contribution >= 4 is 5.71 Å². The molecule has 0 unspecified atom stereocenters. The van der Waals surface area contributed by atoms with Gasteiger partial charge < -0.3 is 0 Å². The molecule has 1 aliphatic carbocycles. The summed E-state index contributed by atoms with van der Waals surface area (Å²) in [4.78, 5) is 0. The molecule has 1 aliphatic rings. The van der Waals surface area contributed by atoms with Crippen LogP contribution in [0.5, 0.6) is 0 Å². The van der Waals surface area contributed by atoms with E-state index in [-0.39, 0.29) is 0 Å². The van der Waals surface area contributed by atoms with E-state index in [1.54, 1.807) is 0 Å². The minimum atomic E-state index is 0.651. The monoisotopic (exact) mass is 245 g/mol. The lowest BCUT2D eigenvalue weighted by Crippen LogP contribution is -2.32. The van der Waals surface area contributed by atoms with Crippen molar-refractivity contribution in [2.75, 3.05) is 21.1 Å². The van der Waals surface area contributed by atoms with Crippen LogP contribution in [-0.2, 0) is 0 Å². The Bertz CT molecular complexity index is 395. The van der Waals surface area contributed by atoms with Gasteiger partial charge in [-0.15, -0.1) is 0 Å². The van der Waals surface area contributed by atoms with Crippen molar-refractivity contribution in [3.63, 3.8) is 0 Å². The summed E-state index contributed by atoms with van der Waals surface area (Å²) < 4.78 is 0.653. The van der Waals surface area contributed by atoms with Gasteiger partial charge in [-0.05, 0) is 12.8 Å². The van der Waals surface area contributed by atoms with Gasteiger partial charge in [0.05, 0.1) is 21.1 Å². The predicted octanol–water partition coefficient (Wildman–Crippen LogP) is 3.68. The zero-order valence-corrected chi connectivity index (χ0v) is 11.9. The molecule has 1 fully saturated rings. The predicted molar refractivity (Wildman–Crippen MR) is 77.6 cm³/mol. The van der Waals surface area contributed by atoms with E-state index in [0.717, 1.165) is 0 Å². The molecule has 0 aliphatic heterocycles. The normalized spacial score (nSPS) is 18.9. The van der Waals surface area contributed by atoms with Gasteiger partial charge in [0.15, 0.2) is 0 Å². The third kappa shape index (κ3) is 3.67. The van der Waals surface area contributed by atoms with E-state index in [0.29, 0.717) is 10.5 Å². The van der Waals surface area contributed by atoms with Gasteiger partial charge >= 0.3 is 0 Å². The van der Waals surface area contributed by atoms with Gasteiger partial charge in [-0.25, -0.2) is 4.59 Å². The second kappa shape index (κ2) is 5.66. The van der Waals surface area contributed by atoms with E-state index in [1.165, 1.54) is 43.4 Å². The number of hydrogen-bond donors (Lipinski definition) is 0. The summed E-state index contributed by atoms with van der Waals surface area (Å²) in [6, 6.07) is 10.7. The summed E-state index contributed by atoms with van der Waals surface area (Å²) in [5.74, 6) is 0.651. The average molecular weight is 245 g/mol. The zero-order valence-electron chi connectivity index (χ0n) is 11.9. The van der Waals surface area contributed by atoms with Crippen LogP contribution in [0, 0.1) is 5.92 Å². The van der Waals surface area contributed by atoms with Crippen LogP contribution >= 0.6 is 0 Å². The van der Waals surface area contributed by atoms with E-state index in [1.807, 2.05) is 0 Å². The van der Waals surface area contributed by atoms with E-state index < -0.39 is 0 Å². The fourth-order valence-corrected chi connectivity index (χ4v) is 2.68. The van der Waals surface area contributed by atoms with Crippen LogP contribution < -0.4 is 0 Å². The minimum absolute atomic E-state index is 0.651. The van der Waals surface area contributed by atoms with Crippen LogP contribution in [0.15, 0.2) is 35.4 Å². The Morgan fingerprint density at radius 3 is 2.17 bits per heavy atom. The molecule has 0 aromatic heterocycles. The molecule has 0 N–H and O–H groups in total. The maximum atomic E-state index is 4.96. The molecule has 1 aromatic carbocycles. The molecule has 0 radical (unpaired) electrons. The molecular weight excluding hydrogens is 220 g/mol. The van der Waals surface area contributed by atoms with Crippen molar-refractivity contribution in [3.05, 3.63) is 35.9 Å². The fourth-order valence-electron chi connectivity index (χ4n) is 2.68. The van der Waals surface area contributed by atoms with Gasteiger partial charge in [0.2, 0.25) is 0 Å². The maximum Gasteiger partial charge on any atom is 0.106 e. The quantitative estimate of drug-likeness (QED) is 0.437. The first-order valence-electron chi connectivity index (χ1n) is 7.03. The van der Waals surface area contributed by atoms with Crippen LogP contribution in [0.3, 0.4) is 0 Å². The second-order valence-corrected chi connectivity index (χ2v) is 6.13. The summed E-state index contributed by atoms with van der Waals surface area (Å²) in [7, 11) is 6.39. The van der Waals surface area contributed by atoms with Gasteiger partial charge in [-0.3, -0.25) is 0 Å². The minimum Gasteiger partial charge on any atom is -0.205 e. The number of benzene rings is 1. The highest BCUT2D eigenvalue weighted by Gasteiger charge is 2.23. The Morgan fingerprint density at radius 1 is 1.00 bits per heavy atom. The zero-order chi connectivity index (χ0) is 13.0. The molecule has 2 nitrogen and oxygen atoms in total. The second-order valence-electron chi connectivity index (χ2n) is 6.13. The van der Waals surface area contributed by atoms with Crippen LogP contribution in [0.1, 0.15) is 37.7 Å². The highest BCUT2D eigenvalue weighted by Crippen LogP contribution is 2.28. The van der Waals surface area contributed by atoms with E-state index in [4.69, 9.17) is 5.10 Å². The topological polar surface area (TPSA) is 12.4 Å². The smallest absolute Gasteiger partial charge is 0.106 e. The van der Waals surface area contributed by atoms with Crippen molar-refractivity contribution in [1.29, 1.82) is 0 Å². The fraction of sp³-hybridized carbons (Fsp3) is 0.562. The standard InChI is InChI=1S/C16H25N2/c1-18(2,3)17-16(14-10-6-4-7-11-14)15-12-8-5-9-13-15/h4,6-7,10-11,15H,5,8-9,12-13H2,1-3H3/q+1/b17-16+. The molecule has 1 aromatic rings. The van der Waals surface area contributed by atoms with E-state index in [2.05, 4.69) is 51.5 Å². The molecule has 0 saturated heterocycles. The van der Waals surface area contributed by atoms with Crippen molar-refractivity contribution in [2.24, 2.45) is 11.0 Å². The molecule has 0 heterocycles. The number of nitrogens with zero attached hydrogens (tertiary/aromatic N) is 2. The molecule has 98 valence electrons. The summed E-state index contributed by atoms with van der Waals surface area (Å²) in [5.41, 5.74) is 2.61. The first kappa shape index (κ1) is 13.3. The largest absolute Gasteiger partial charge is 0.205 e. The Kier molecular flexibility index (Phi) is 4.18. The first-order valence-corrected chi connectivity index (χ1v) is 7.03. The molecule has 2 rings (SSSR count). The first-order chi connectivity index (χ1) is 8.56. The van der Waals surface area contributed by atoms with Crippen LogP contribution in [0.4, 0.5) is 0 Å². The van der Waals surface area contributed by atoms with Crippen LogP contribution in [-0.4, -0.2) is 31.4 Å². The molecule has 0 atom stereocenters. The van der Waals surface area contributed by atoms with Crippen LogP contribution in [0.25, 0.3) is 0 Å². The van der Waals surface area contributed by atoms with Crippen molar-refractivity contribution in [2.45, 2.75) is 32.1 Å². The SMILES string of the molecule is C[N+](C)(C)/N=C(\c1ccccc1)C1CCCCC1. The molecule has 2 heteroatoms. The molecule has 0 spiro atoms. The lowest BCUT2D eigenvalue weighted by atomic mass is 9.83. The summed E-state index contributed by atoms with van der Waals surface area (Å²) in [5, 5.41) is 4.96. The van der Waals surface area contributed by atoms with E-state index in [9.17, 15) is 0 Å². The number of hydrogen-bond acceptors (Lipinski definition) is 1. The highest BCUT2D eigenvalue weighted by molar-refractivity contribution is 6.01. The average Bonchev–Trinajstić information content (AvgIpc) is 2.37. The molecule has 18 heavy (non-hydrogen) atoms.